The van der Waals surface area contributed by atoms with Gasteiger partial charge in [-0.25, -0.2) is 0 Å². The number of thioether (sulfide) groups is 1. The molecule has 0 saturated carbocycles. The van der Waals surface area contributed by atoms with E-state index >= 15 is 0 Å². The number of amides is 3. The number of carbonyl (C=O) groups is 3. The van der Waals surface area contributed by atoms with Crippen molar-refractivity contribution < 1.29 is 29.0 Å². The molecular weight excluding hydrogens is 590 g/mol. The highest BCUT2D eigenvalue weighted by atomic mass is 32.2. The maximum Gasteiger partial charge on any atom is 0.258 e. The molecule has 3 aromatic rings. The molecule has 0 radical (unpaired) electrons. The minimum absolute atomic E-state index is 0.167. The summed E-state index contributed by atoms with van der Waals surface area (Å²) in [6.45, 7) is 9.64. The van der Waals surface area contributed by atoms with E-state index in [9.17, 15) is 19.5 Å². The first-order valence-corrected chi connectivity index (χ1v) is 16.0. The summed E-state index contributed by atoms with van der Waals surface area (Å²) in [5.74, 6) is 0.0991. The Morgan fingerprint density at radius 2 is 1.62 bits per heavy atom. The molecule has 1 fully saturated rings. The molecule has 1 saturated heterocycles. The molecule has 1 heterocycles. The quantitative estimate of drug-likeness (QED) is 0.275. The van der Waals surface area contributed by atoms with Gasteiger partial charge in [0.1, 0.15) is 17.5 Å². The van der Waals surface area contributed by atoms with E-state index in [0.717, 1.165) is 27.8 Å². The third kappa shape index (κ3) is 8.38. The molecule has 3 amide bonds. The normalized spacial score (nSPS) is 16.9. The summed E-state index contributed by atoms with van der Waals surface area (Å²) in [5, 5.41) is 17.3. The number of nitrogens with one attached hydrogen (secondary N) is 2. The number of benzene rings is 3. The van der Waals surface area contributed by atoms with Crippen LogP contribution in [-0.4, -0.2) is 70.3 Å². The molecule has 1 aliphatic rings. The molecule has 1 unspecified atom stereocenters. The van der Waals surface area contributed by atoms with E-state index in [2.05, 4.69) is 10.6 Å². The SMILES string of the molecule is COc1ccc(C[C@H](NC(=O)COc2c(C)cccc2C)[C@H](O)C(=O)N2CSC(C)(C)C2C(=O)NCc2ccccc2C)cc1. The number of carbonyl (C=O) groups excluding carboxylic acids is 3. The van der Waals surface area contributed by atoms with Crippen LogP contribution in [0.15, 0.2) is 66.7 Å². The number of aliphatic hydroxyl groups excluding tert-OH is 1. The van der Waals surface area contributed by atoms with E-state index < -0.39 is 34.7 Å². The number of rotatable bonds is 12. The summed E-state index contributed by atoms with van der Waals surface area (Å²) in [7, 11) is 1.57. The second-order valence-corrected chi connectivity index (χ2v) is 13.5. The monoisotopic (exact) mass is 633 g/mol. The predicted molar refractivity (Wildman–Crippen MR) is 176 cm³/mol. The van der Waals surface area contributed by atoms with Gasteiger partial charge in [0.05, 0.1) is 19.0 Å². The molecule has 4 rings (SSSR count). The second kappa shape index (κ2) is 14.8. The molecule has 0 aliphatic carbocycles. The third-order valence-corrected chi connectivity index (χ3v) is 9.52. The van der Waals surface area contributed by atoms with Crippen LogP contribution < -0.4 is 20.1 Å². The topological polar surface area (TPSA) is 117 Å². The average Bonchev–Trinajstić information content (AvgIpc) is 3.34. The van der Waals surface area contributed by atoms with Crippen molar-refractivity contribution in [1.29, 1.82) is 0 Å². The van der Waals surface area contributed by atoms with Gasteiger partial charge in [0.15, 0.2) is 12.7 Å². The number of nitrogens with zero attached hydrogens (tertiary/aromatic N) is 1. The van der Waals surface area contributed by atoms with Crippen LogP contribution >= 0.6 is 11.8 Å². The van der Waals surface area contributed by atoms with Gasteiger partial charge in [-0.15, -0.1) is 11.8 Å². The molecule has 10 heteroatoms. The lowest BCUT2D eigenvalue weighted by Gasteiger charge is -2.33. The van der Waals surface area contributed by atoms with Gasteiger partial charge in [-0.3, -0.25) is 14.4 Å². The van der Waals surface area contributed by atoms with E-state index in [1.807, 2.05) is 89.2 Å². The Morgan fingerprint density at radius 3 is 2.27 bits per heavy atom. The van der Waals surface area contributed by atoms with Crippen LogP contribution in [0.25, 0.3) is 0 Å². The summed E-state index contributed by atoms with van der Waals surface area (Å²) < 4.78 is 10.5. The number of hydrogen-bond donors (Lipinski definition) is 3. The predicted octanol–water partition coefficient (Wildman–Crippen LogP) is 4.08. The van der Waals surface area contributed by atoms with Crippen LogP contribution in [0.2, 0.25) is 0 Å². The van der Waals surface area contributed by atoms with Gasteiger partial charge in [0.2, 0.25) is 5.91 Å². The Morgan fingerprint density at radius 1 is 0.978 bits per heavy atom. The van der Waals surface area contributed by atoms with Crippen molar-refractivity contribution in [3.63, 3.8) is 0 Å². The maximum absolute atomic E-state index is 13.9. The summed E-state index contributed by atoms with van der Waals surface area (Å²) in [6, 6.07) is 18.9. The Labute approximate surface area is 269 Å². The summed E-state index contributed by atoms with van der Waals surface area (Å²) in [6.07, 6.45) is -1.45. The summed E-state index contributed by atoms with van der Waals surface area (Å²) >= 11 is 1.47. The van der Waals surface area contributed by atoms with Crippen molar-refractivity contribution in [3.05, 3.63) is 94.5 Å². The second-order valence-electron chi connectivity index (χ2n) is 11.9. The smallest absolute Gasteiger partial charge is 0.258 e. The number of methoxy groups -OCH3 is 1. The zero-order chi connectivity index (χ0) is 32.7. The van der Waals surface area contributed by atoms with Gasteiger partial charge in [-0.1, -0.05) is 54.6 Å². The first-order valence-electron chi connectivity index (χ1n) is 15.0. The number of ether oxygens (including phenoxy) is 2. The minimum Gasteiger partial charge on any atom is -0.497 e. The van der Waals surface area contributed by atoms with Crippen molar-refractivity contribution >= 4 is 29.5 Å². The van der Waals surface area contributed by atoms with Crippen molar-refractivity contribution in [2.24, 2.45) is 0 Å². The van der Waals surface area contributed by atoms with Crippen molar-refractivity contribution in [3.8, 4) is 11.5 Å². The molecule has 0 spiro atoms. The number of para-hydroxylation sites is 1. The molecule has 0 bridgehead atoms. The molecule has 3 N–H and O–H groups in total. The molecule has 45 heavy (non-hydrogen) atoms. The number of hydrogen-bond acceptors (Lipinski definition) is 7. The van der Waals surface area contributed by atoms with Crippen LogP contribution in [0, 0.1) is 20.8 Å². The maximum atomic E-state index is 13.9. The fourth-order valence-electron chi connectivity index (χ4n) is 5.51. The van der Waals surface area contributed by atoms with Crippen LogP contribution in [-0.2, 0) is 27.3 Å². The Bertz CT molecular complexity index is 1490. The minimum atomic E-state index is -1.61. The van der Waals surface area contributed by atoms with Crippen LogP contribution in [0.4, 0.5) is 0 Å². The van der Waals surface area contributed by atoms with Gasteiger partial charge in [-0.2, -0.15) is 0 Å². The largest absolute Gasteiger partial charge is 0.497 e. The Balaban J connectivity index is 1.52. The molecule has 3 aromatic carbocycles. The van der Waals surface area contributed by atoms with E-state index in [4.69, 9.17) is 9.47 Å². The lowest BCUT2D eigenvalue weighted by molar-refractivity contribution is -0.148. The Kier molecular flexibility index (Phi) is 11.2. The highest BCUT2D eigenvalue weighted by Gasteiger charge is 2.49. The number of aryl methyl sites for hydroxylation is 3. The fraction of sp³-hybridized carbons (Fsp3) is 0.400. The lowest BCUT2D eigenvalue weighted by atomic mass is 9.97. The van der Waals surface area contributed by atoms with Crippen molar-refractivity contribution in [2.75, 3.05) is 19.6 Å². The van der Waals surface area contributed by atoms with Gasteiger partial charge in [-0.05, 0) is 81.0 Å². The number of aliphatic hydroxyl groups is 1. The average molecular weight is 634 g/mol. The highest BCUT2D eigenvalue weighted by molar-refractivity contribution is 8.00. The van der Waals surface area contributed by atoms with Crippen LogP contribution in [0.3, 0.4) is 0 Å². The van der Waals surface area contributed by atoms with Crippen LogP contribution in [0.5, 0.6) is 11.5 Å². The van der Waals surface area contributed by atoms with Gasteiger partial charge >= 0.3 is 0 Å². The first-order chi connectivity index (χ1) is 21.4. The molecular formula is C35H43N3O6S. The van der Waals surface area contributed by atoms with Crippen molar-refractivity contribution in [1.82, 2.24) is 15.5 Å². The summed E-state index contributed by atoms with van der Waals surface area (Å²) in [4.78, 5) is 42.1. The zero-order valence-electron chi connectivity index (χ0n) is 26.8. The molecule has 240 valence electrons. The first kappa shape index (κ1) is 33.9. The van der Waals surface area contributed by atoms with Crippen LogP contribution in [0.1, 0.15) is 41.7 Å². The lowest BCUT2D eigenvalue weighted by Crippen LogP contribution is -2.59. The molecule has 1 aliphatic heterocycles. The summed E-state index contributed by atoms with van der Waals surface area (Å²) in [5.41, 5.74) is 4.62. The van der Waals surface area contributed by atoms with Gasteiger partial charge in [0, 0.05) is 11.3 Å². The Hall–Kier alpha value is -4.02. The van der Waals surface area contributed by atoms with E-state index in [0.29, 0.717) is 18.0 Å². The molecule has 0 aromatic heterocycles. The fourth-order valence-corrected chi connectivity index (χ4v) is 6.65. The van der Waals surface area contributed by atoms with Gasteiger partial charge in [0.25, 0.3) is 11.8 Å². The standard InChI is InChI=1S/C35H43N3O6S/c1-22-10-7-8-13-26(22)19-36-33(41)32-35(4,5)45-21-38(32)34(42)30(40)28(18-25-14-16-27(43-6)17-15-25)37-29(39)20-44-31-23(2)11-9-12-24(31)3/h7-17,28,30,32,40H,18-21H2,1-6H3,(H,36,41)(H,37,39)/t28-,30-,32?/m0/s1. The third-order valence-electron chi connectivity index (χ3n) is 8.14. The molecule has 3 atom stereocenters. The zero-order valence-corrected chi connectivity index (χ0v) is 27.6. The molecule has 9 nitrogen and oxygen atoms in total. The van der Waals surface area contributed by atoms with E-state index in [1.54, 1.807) is 19.2 Å². The van der Waals surface area contributed by atoms with Gasteiger partial charge < -0.3 is 30.1 Å². The van der Waals surface area contributed by atoms with Crippen molar-refractivity contribution in [2.45, 2.75) is 70.5 Å². The highest BCUT2D eigenvalue weighted by Crippen LogP contribution is 2.40. The van der Waals surface area contributed by atoms with E-state index in [-0.39, 0.29) is 24.8 Å². The van der Waals surface area contributed by atoms with E-state index in [1.165, 1.54) is 16.7 Å².